The molecule has 0 saturated heterocycles. The van der Waals surface area contributed by atoms with Crippen LogP contribution in [0.15, 0.2) is 48.7 Å². The van der Waals surface area contributed by atoms with Crippen LogP contribution in [0.3, 0.4) is 0 Å². The van der Waals surface area contributed by atoms with Crippen molar-refractivity contribution in [2.75, 3.05) is 18.2 Å². The molecule has 0 aliphatic heterocycles. The predicted octanol–water partition coefficient (Wildman–Crippen LogP) is 4.02. The van der Waals surface area contributed by atoms with Gasteiger partial charge >= 0.3 is 0 Å². The summed E-state index contributed by atoms with van der Waals surface area (Å²) in [6, 6.07) is 12.9. The Balaban J connectivity index is 1.94. The van der Waals surface area contributed by atoms with Crippen molar-refractivity contribution in [2.45, 2.75) is 13.8 Å². The van der Waals surface area contributed by atoms with Crippen molar-refractivity contribution in [2.24, 2.45) is 0 Å². The number of nitrogen functional groups attached to an aromatic ring is 1. The zero-order valence-electron chi connectivity index (χ0n) is 15.9. The Bertz CT molecular complexity index is 1060. The van der Waals surface area contributed by atoms with Crippen molar-refractivity contribution < 1.29 is 14.3 Å². The van der Waals surface area contributed by atoms with E-state index in [1.165, 1.54) is 19.4 Å². The molecule has 0 aliphatic rings. The number of rotatable bonds is 5. The van der Waals surface area contributed by atoms with Crippen LogP contribution >= 0.6 is 0 Å². The second kappa shape index (κ2) is 7.92. The Kier molecular flexibility index (Phi) is 5.40. The summed E-state index contributed by atoms with van der Waals surface area (Å²) >= 11 is 0. The van der Waals surface area contributed by atoms with Gasteiger partial charge in [0.05, 0.1) is 12.7 Å². The van der Waals surface area contributed by atoms with E-state index in [9.17, 15) is 9.59 Å². The summed E-state index contributed by atoms with van der Waals surface area (Å²) in [6.07, 6.45) is 1.95. The van der Waals surface area contributed by atoms with Gasteiger partial charge in [-0.1, -0.05) is 24.3 Å². The molecular weight excluding hydrogens is 354 g/mol. The van der Waals surface area contributed by atoms with Crippen LogP contribution in [0.4, 0.5) is 11.4 Å². The van der Waals surface area contributed by atoms with Crippen molar-refractivity contribution in [3.63, 3.8) is 0 Å². The summed E-state index contributed by atoms with van der Waals surface area (Å²) in [4.78, 5) is 27.7. The third kappa shape index (κ3) is 3.57. The van der Waals surface area contributed by atoms with Gasteiger partial charge in [0.1, 0.15) is 11.4 Å². The average molecular weight is 375 g/mol. The number of carbonyl (C=O) groups excluding carboxylic acids is 2. The lowest BCUT2D eigenvalue weighted by Crippen LogP contribution is -2.15. The first-order valence-electron chi connectivity index (χ1n) is 8.72. The molecular formula is C22H21N3O3. The van der Waals surface area contributed by atoms with Crippen molar-refractivity contribution >= 4 is 23.6 Å². The van der Waals surface area contributed by atoms with Gasteiger partial charge in [0.15, 0.2) is 6.29 Å². The highest BCUT2D eigenvalue weighted by Crippen LogP contribution is 2.33. The Morgan fingerprint density at radius 1 is 1.11 bits per heavy atom. The predicted molar refractivity (Wildman–Crippen MR) is 110 cm³/mol. The largest absolute Gasteiger partial charge is 0.496 e. The van der Waals surface area contributed by atoms with E-state index in [1.54, 1.807) is 0 Å². The van der Waals surface area contributed by atoms with Gasteiger partial charge in [-0.05, 0) is 48.2 Å². The lowest BCUT2D eigenvalue weighted by molar-refractivity contribution is 0.102. The lowest BCUT2D eigenvalue weighted by atomic mass is 9.95. The number of carbonyl (C=O) groups is 2. The van der Waals surface area contributed by atoms with Crippen LogP contribution in [0.1, 0.15) is 32.0 Å². The monoisotopic (exact) mass is 375 g/mol. The molecule has 0 aliphatic carbocycles. The van der Waals surface area contributed by atoms with E-state index in [-0.39, 0.29) is 17.2 Å². The molecule has 6 nitrogen and oxygen atoms in total. The maximum atomic E-state index is 12.7. The van der Waals surface area contributed by atoms with E-state index in [0.717, 1.165) is 27.9 Å². The molecule has 142 valence electrons. The number of anilines is 2. The number of benzene rings is 2. The maximum absolute atomic E-state index is 12.7. The molecule has 0 bridgehead atoms. The molecule has 3 aromatic rings. The molecule has 3 N–H and O–H groups in total. The summed E-state index contributed by atoms with van der Waals surface area (Å²) in [5, 5.41) is 2.88. The van der Waals surface area contributed by atoms with Crippen LogP contribution in [-0.2, 0) is 0 Å². The molecule has 0 radical (unpaired) electrons. The second-order valence-electron chi connectivity index (χ2n) is 6.38. The number of hydrogen-bond donors (Lipinski definition) is 2. The topological polar surface area (TPSA) is 94.3 Å². The van der Waals surface area contributed by atoms with E-state index < -0.39 is 0 Å². The van der Waals surface area contributed by atoms with Gasteiger partial charge in [-0.3, -0.25) is 14.6 Å². The quantitative estimate of drug-likeness (QED) is 0.519. The van der Waals surface area contributed by atoms with Gasteiger partial charge in [-0.2, -0.15) is 0 Å². The number of hydrogen-bond acceptors (Lipinski definition) is 5. The minimum Gasteiger partial charge on any atom is -0.496 e. The zero-order chi connectivity index (χ0) is 20.3. The summed E-state index contributed by atoms with van der Waals surface area (Å²) in [5.41, 5.74) is 11.8. The molecule has 0 saturated carbocycles. The van der Waals surface area contributed by atoms with Gasteiger partial charge in [0.2, 0.25) is 0 Å². The Morgan fingerprint density at radius 3 is 2.46 bits per heavy atom. The van der Waals surface area contributed by atoms with E-state index in [2.05, 4.69) is 10.3 Å². The van der Waals surface area contributed by atoms with Crippen LogP contribution in [0.2, 0.25) is 0 Å². The minimum absolute atomic E-state index is 0.160. The van der Waals surface area contributed by atoms with Gasteiger partial charge in [-0.15, -0.1) is 0 Å². The molecule has 0 unspecified atom stereocenters. The van der Waals surface area contributed by atoms with Crippen molar-refractivity contribution in [3.8, 4) is 16.9 Å². The van der Waals surface area contributed by atoms with Crippen molar-refractivity contribution in [3.05, 3.63) is 71.0 Å². The number of nitrogens with zero attached hydrogens (tertiary/aromatic N) is 1. The smallest absolute Gasteiger partial charge is 0.274 e. The average Bonchev–Trinajstić information content (AvgIpc) is 2.71. The third-order valence-electron chi connectivity index (χ3n) is 4.72. The second-order valence-corrected chi connectivity index (χ2v) is 6.38. The number of aldehydes is 1. The number of methoxy groups -OCH3 is 1. The molecule has 0 atom stereocenters. The zero-order valence-corrected chi connectivity index (χ0v) is 15.9. The molecule has 0 spiro atoms. The van der Waals surface area contributed by atoms with E-state index in [0.29, 0.717) is 17.7 Å². The number of nitrogens with two attached hydrogens (primary N) is 1. The number of nitrogens with one attached hydrogen (secondary N) is 1. The van der Waals surface area contributed by atoms with E-state index >= 15 is 0 Å². The van der Waals surface area contributed by atoms with Crippen molar-refractivity contribution in [1.29, 1.82) is 0 Å². The Morgan fingerprint density at radius 2 is 1.79 bits per heavy atom. The summed E-state index contributed by atoms with van der Waals surface area (Å²) in [5.74, 6) is -0.0868. The van der Waals surface area contributed by atoms with Crippen LogP contribution in [0, 0.1) is 13.8 Å². The summed E-state index contributed by atoms with van der Waals surface area (Å²) < 4.78 is 5.14. The molecule has 1 aromatic heterocycles. The third-order valence-corrected chi connectivity index (χ3v) is 4.72. The highest BCUT2D eigenvalue weighted by Gasteiger charge is 2.15. The highest BCUT2D eigenvalue weighted by atomic mass is 16.5. The number of ether oxygens (including phenoxy) is 1. The molecule has 28 heavy (non-hydrogen) atoms. The number of aromatic nitrogens is 1. The molecule has 3 rings (SSSR count). The number of amides is 1. The van der Waals surface area contributed by atoms with E-state index in [4.69, 9.17) is 10.5 Å². The van der Waals surface area contributed by atoms with Gasteiger partial charge in [0.25, 0.3) is 5.91 Å². The maximum Gasteiger partial charge on any atom is 0.274 e. The fourth-order valence-electron chi connectivity index (χ4n) is 3.03. The van der Waals surface area contributed by atoms with Crippen LogP contribution < -0.4 is 15.8 Å². The fourth-order valence-corrected chi connectivity index (χ4v) is 3.03. The summed E-state index contributed by atoms with van der Waals surface area (Å²) in [7, 11) is 1.44. The molecule has 6 heteroatoms. The Labute approximate surface area is 163 Å². The molecule has 0 fully saturated rings. The normalized spacial score (nSPS) is 10.4. The van der Waals surface area contributed by atoms with Crippen LogP contribution in [-0.4, -0.2) is 24.3 Å². The first-order chi connectivity index (χ1) is 13.5. The number of pyridine rings is 1. The molecule has 1 heterocycles. The van der Waals surface area contributed by atoms with Crippen molar-refractivity contribution in [1.82, 2.24) is 4.98 Å². The minimum atomic E-state index is -0.389. The van der Waals surface area contributed by atoms with Gasteiger partial charge < -0.3 is 15.8 Å². The fraction of sp³-hybridized carbons (Fsp3) is 0.136. The van der Waals surface area contributed by atoms with E-state index in [1.807, 2.05) is 50.2 Å². The van der Waals surface area contributed by atoms with Crippen LogP contribution in [0.25, 0.3) is 11.1 Å². The van der Waals surface area contributed by atoms with Crippen LogP contribution in [0.5, 0.6) is 5.75 Å². The lowest BCUT2D eigenvalue weighted by Gasteiger charge is -2.15. The Hall–Kier alpha value is -3.67. The first kappa shape index (κ1) is 19.1. The molecule has 1 amide bonds. The first-order valence-corrected chi connectivity index (χ1v) is 8.72. The SMILES string of the molecule is COc1cc(C(=O)Nc2cccc(-c3cccc(N)c3C)c2C)ncc1C=O. The van der Waals surface area contributed by atoms with Gasteiger partial charge in [0, 0.05) is 23.6 Å². The summed E-state index contributed by atoms with van der Waals surface area (Å²) in [6.45, 7) is 3.91. The standard InChI is InChI=1S/C22H21N3O3/c1-13-16(6-4-8-18(13)23)17-7-5-9-19(14(17)2)25-22(27)20-10-21(28-3)15(12-26)11-24-20/h4-12H,23H2,1-3H3,(H,25,27). The van der Waals surface area contributed by atoms with Gasteiger partial charge in [-0.25, -0.2) is 0 Å². The molecule has 2 aromatic carbocycles. The highest BCUT2D eigenvalue weighted by molar-refractivity contribution is 6.04.